The summed E-state index contributed by atoms with van der Waals surface area (Å²) < 4.78 is 27.0. The number of benzene rings is 2. The van der Waals surface area contributed by atoms with Crippen molar-refractivity contribution in [1.29, 1.82) is 0 Å². The number of anilines is 2. The van der Waals surface area contributed by atoms with E-state index in [-0.39, 0.29) is 29.6 Å². The highest BCUT2D eigenvalue weighted by Crippen LogP contribution is 2.36. The van der Waals surface area contributed by atoms with Crippen molar-refractivity contribution in [3.8, 4) is 0 Å². The van der Waals surface area contributed by atoms with E-state index in [2.05, 4.69) is 22.9 Å². The number of nitrogens with zero attached hydrogens (tertiary/aromatic N) is 1. The van der Waals surface area contributed by atoms with E-state index in [4.69, 9.17) is 0 Å². The molecule has 1 amide bonds. The summed E-state index contributed by atoms with van der Waals surface area (Å²) in [5.74, 6) is -0.227. The van der Waals surface area contributed by atoms with E-state index >= 15 is 0 Å². The number of amides is 1. The maximum Gasteiger partial charge on any atom is 0.251 e. The monoisotopic (exact) mass is 592 g/mol. The first-order valence-corrected chi connectivity index (χ1v) is 16.0. The number of hydrogen-bond acceptors (Lipinski definition) is 6. The van der Waals surface area contributed by atoms with Gasteiger partial charge in [0.2, 0.25) is 10.0 Å². The van der Waals surface area contributed by atoms with Crippen molar-refractivity contribution in [2.75, 3.05) is 35.0 Å². The number of sulfonamides is 1. The Kier molecular flexibility index (Phi) is 11.7. The van der Waals surface area contributed by atoms with E-state index in [0.29, 0.717) is 49.4 Å². The first-order valence-electron chi connectivity index (χ1n) is 14.4. The molecule has 2 atom stereocenters. The topological polar surface area (TPSA) is 111 Å². The standard InChI is InChI=1S/C30H44N4O4S.ClH/c1-3-13-30(14-10-15-30)32-22-28(35)27(18-23-11-6-5-7-12-23)33-29(36)24-19-25(31-4-2)21-26(20-24)34-16-8-9-17-39(34,37)38;/h5-7,11-12,19-21,27-28,31-32,35H,3-4,8-10,13-18,22H2,1-2H3,(H,33,36);1H/t27-,28+;/m0./s1. The molecule has 2 aromatic rings. The molecule has 0 radical (unpaired) electrons. The maximum absolute atomic E-state index is 13.6. The van der Waals surface area contributed by atoms with Crippen LogP contribution in [0, 0.1) is 0 Å². The van der Waals surface area contributed by atoms with Gasteiger partial charge in [-0.3, -0.25) is 9.10 Å². The number of rotatable bonds is 13. The van der Waals surface area contributed by atoms with Gasteiger partial charge in [-0.15, -0.1) is 12.4 Å². The van der Waals surface area contributed by atoms with E-state index in [1.807, 2.05) is 37.3 Å². The van der Waals surface area contributed by atoms with E-state index < -0.39 is 22.2 Å². The van der Waals surface area contributed by atoms with Crippen LogP contribution in [0.5, 0.6) is 0 Å². The molecule has 1 aliphatic carbocycles. The summed E-state index contributed by atoms with van der Waals surface area (Å²) >= 11 is 0. The van der Waals surface area contributed by atoms with Gasteiger partial charge in [-0.05, 0) is 75.6 Å². The normalized spacial score (nSPS) is 19.0. The van der Waals surface area contributed by atoms with Gasteiger partial charge in [0.15, 0.2) is 0 Å². The van der Waals surface area contributed by atoms with Crippen molar-refractivity contribution in [3.63, 3.8) is 0 Å². The second-order valence-electron chi connectivity index (χ2n) is 11.0. The molecule has 0 aromatic heterocycles. The fourth-order valence-electron chi connectivity index (χ4n) is 5.73. The molecule has 2 fully saturated rings. The van der Waals surface area contributed by atoms with E-state index in [9.17, 15) is 18.3 Å². The summed E-state index contributed by atoms with van der Waals surface area (Å²) in [6.07, 6.45) is 6.71. The highest BCUT2D eigenvalue weighted by atomic mass is 35.5. The minimum atomic E-state index is -3.43. The van der Waals surface area contributed by atoms with Crippen molar-refractivity contribution < 1.29 is 18.3 Å². The Morgan fingerprint density at radius 3 is 2.45 bits per heavy atom. The summed E-state index contributed by atoms with van der Waals surface area (Å²) in [5.41, 5.74) is 2.66. The van der Waals surface area contributed by atoms with Gasteiger partial charge in [-0.1, -0.05) is 43.7 Å². The second-order valence-corrected chi connectivity index (χ2v) is 13.0. The zero-order valence-corrected chi connectivity index (χ0v) is 25.3. The predicted molar refractivity (Wildman–Crippen MR) is 165 cm³/mol. The summed E-state index contributed by atoms with van der Waals surface area (Å²) in [7, 11) is -3.43. The average Bonchev–Trinajstić information content (AvgIpc) is 2.90. The Bertz CT molecular complexity index is 1210. The Balaban J connectivity index is 0.00000441. The van der Waals surface area contributed by atoms with Crippen molar-refractivity contribution in [2.45, 2.75) is 82.9 Å². The Labute approximate surface area is 245 Å². The van der Waals surface area contributed by atoms with Crippen molar-refractivity contribution in [2.24, 2.45) is 0 Å². The Morgan fingerprint density at radius 2 is 1.82 bits per heavy atom. The van der Waals surface area contributed by atoms with E-state index in [1.54, 1.807) is 18.2 Å². The van der Waals surface area contributed by atoms with E-state index in [0.717, 1.165) is 37.7 Å². The molecule has 0 spiro atoms. The van der Waals surface area contributed by atoms with Crippen LogP contribution < -0.4 is 20.3 Å². The minimum absolute atomic E-state index is 0. The number of β-amino-alcohol motifs (C(OH)–C–C–N with tert-alkyl or cyclic N) is 1. The third kappa shape index (κ3) is 8.12. The molecular weight excluding hydrogens is 548 g/mol. The molecule has 4 N–H and O–H groups in total. The molecule has 1 saturated heterocycles. The first kappa shape index (κ1) is 32.2. The SMILES string of the molecule is CCCC1(NC[C@@H](O)[C@H](Cc2ccccc2)NC(=O)c2cc(NCC)cc(N3CCCCS3(=O)=O)c2)CCC1.Cl. The summed E-state index contributed by atoms with van der Waals surface area (Å²) in [6, 6.07) is 14.5. The van der Waals surface area contributed by atoms with Crippen molar-refractivity contribution >= 4 is 39.7 Å². The summed E-state index contributed by atoms with van der Waals surface area (Å²) in [4.78, 5) is 13.6. The van der Waals surface area contributed by atoms with Gasteiger partial charge in [0, 0.05) is 36.4 Å². The lowest BCUT2D eigenvalue weighted by Gasteiger charge is -2.44. The minimum Gasteiger partial charge on any atom is -0.390 e. The number of aliphatic hydroxyl groups excluding tert-OH is 1. The number of aliphatic hydroxyl groups is 1. The molecule has 4 rings (SSSR count). The van der Waals surface area contributed by atoms with Crippen LogP contribution in [0.1, 0.15) is 74.7 Å². The third-order valence-corrected chi connectivity index (χ3v) is 9.87. The molecule has 8 nitrogen and oxygen atoms in total. The van der Waals surface area contributed by atoms with Gasteiger partial charge in [-0.2, -0.15) is 0 Å². The summed E-state index contributed by atoms with van der Waals surface area (Å²) in [5, 5.41) is 21.2. The number of carbonyl (C=O) groups is 1. The fourth-order valence-corrected chi connectivity index (χ4v) is 7.36. The van der Waals surface area contributed by atoms with Crippen LogP contribution in [-0.2, 0) is 16.4 Å². The van der Waals surface area contributed by atoms with Crippen LogP contribution in [0.4, 0.5) is 11.4 Å². The molecule has 2 aromatic carbocycles. The van der Waals surface area contributed by atoms with Crippen LogP contribution in [0.25, 0.3) is 0 Å². The number of nitrogens with one attached hydrogen (secondary N) is 3. The van der Waals surface area contributed by atoms with Gasteiger partial charge in [-0.25, -0.2) is 8.42 Å². The molecule has 2 aliphatic rings. The van der Waals surface area contributed by atoms with Gasteiger partial charge >= 0.3 is 0 Å². The molecule has 10 heteroatoms. The predicted octanol–water partition coefficient (Wildman–Crippen LogP) is 4.48. The molecule has 1 heterocycles. The highest BCUT2D eigenvalue weighted by molar-refractivity contribution is 7.92. The van der Waals surface area contributed by atoms with Crippen LogP contribution in [0.15, 0.2) is 48.5 Å². The van der Waals surface area contributed by atoms with Crippen LogP contribution in [0.2, 0.25) is 0 Å². The highest BCUT2D eigenvalue weighted by Gasteiger charge is 2.36. The van der Waals surface area contributed by atoms with Gasteiger partial charge < -0.3 is 21.1 Å². The van der Waals surface area contributed by atoms with Gasteiger partial charge in [0.05, 0.1) is 23.6 Å². The maximum atomic E-state index is 13.6. The zero-order chi connectivity index (χ0) is 27.9. The van der Waals surface area contributed by atoms with E-state index in [1.165, 1.54) is 10.7 Å². The van der Waals surface area contributed by atoms with Crippen LogP contribution in [-0.4, -0.2) is 62.5 Å². The lowest BCUT2D eigenvalue weighted by molar-refractivity contribution is 0.0746. The van der Waals surface area contributed by atoms with Gasteiger partial charge in [0.1, 0.15) is 0 Å². The molecule has 1 saturated carbocycles. The molecule has 1 aliphatic heterocycles. The summed E-state index contributed by atoms with van der Waals surface area (Å²) in [6.45, 7) is 5.57. The molecule has 222 valence electrons. The van der Waals surface area contributed by atoms with Gasteiger partial charge in [0.25, 0.3) is 5.91 Å². The average molecular weight is 593 g/mol. The Morgan fingerprint density at radius 1 is 1.07 bits per heavy atom. The number of halogens is 1. The number of hydrogen-bond donors (Lipinski definition) is 4. The first-order chi connectivity index (χ1) is 18.7. The number of carbonyl (C=O) groups excluding carboxylic acids is 1. The third-order valence-electron chi connectivity index (χ3n) is 8.00. The largest absolute Gasteiger partial charge is 0.390 e. The molecule has 0 bridgehead atoms. The lowest BCUT2D eigenvalue weighted by atomic mass is 9.73. The smallest absolute Gasteiger partial charge is 0.251 e. The molecule has 0 unspecified atom stereocenters. The molecule has 40 heavy (non-hydrogen) atoms. The lowest BCUT2D eigenvalue weighted by Crippen LogP contribution is -2.56. The quantitative estimate of drug-likeness (QED) is 0.273. The Hall–Kier alpha value is -2.33. The van der Waals surface area contributed by atoms with Crippen LogP contribution in [0.3, 0.4) is 0 Å². The van der Waals surface area contributed by atoms with Crippen molar-refractivity contribution in [3.05, 3.63) is 59.7 Å². The second kappa shape index (κ2) is 14.5. The van der Waals surface area contributed by atoms with Crippen molar-refractivity contribution in [1.82, 2.24) is 10.6 Å². The van der Waals surface area contributed by atoms with Crippen LogP contribution >= 0.6 is 12.4 Å². The molecular formula is C30H45ClN4O4S. The zero-order valence-electron chi connectivity index (χ0n) is 23.7. The fraction of sp³-hybridized carbons (Fsp3) is 0.567.